The third-order valence-corrected chi connectivity index (χ3v) is 3.81. The minimum atomic E-state index is -0.454. The van der Waals surface area contributed by atoms with Crippen LogP contribution in [0, 0.1) is 22.7 Å². The van der Waals surface area contributed by atoms with Crippen LogP contribution in [0.3, 0.4) is 0 Å². The fourth-order valence-electron chi connectivity index (χ4n) is 2.54. The number of nitrogens with zero attached hydrogens (tertiary/aromatic N) is 2. The summed E-state index contributed by atoms with van der Waals surface area (Å²) >= 11 is 0. The summed E-state index contributed by atoms with van der Waals surface area (Å²) in [6.07, 6.45) is -0.549. The Labute approximate surface area is 148 Å². The largest absolute Gasteiger partial charge is 0.497 e. The van der Waals surface area contributed by atoms with Crippen molar-refractivity contribution >= 4 is 0 Å². The monoisotopic (exact) mass is 336 g/mol. The lowest BCUT2D eigenvalue weighted by molar-refractivity contribution is -0.0104. The first-order valence-corrected chi connectivity index (χ1v) is 7.89. The van der Waals surface area contributed by atoms with Gasteiger partial charge in [0.2, 0.25) is 0 Å². The quantitative estimate of drug-likeness (QED) is 0.717. The normalized spacial score (nSPS) is 12.5. The average Bonchev–Trinajstić information content (AvgIpc) is 2.67. The Hall–Kier alpha value is -3.02. The molecule has 5 nitrogen and oxygen atoms in total. The van der Waals surface area contributed by atoms with Crippen LogP contribution < -0.4 is 9.47 Å². The van der Waals surface area contributed by atoms with E-state index in [0.717, 1.165) is 11.1 Å². The van der Waals surface area contributed by atoms with Gasteiger partial charge in [-0.1, -0.05) is 24.3 Å². The second kappa shape index (κ2) is 9.32. The molecule has 0 saturated carbocycles. The van der Waals surface area contributed by atoms with Crippen LogP contribution in [-0.2, 0) is 4.74 Å². The van der Waals surface area contributed by atoms with Crippen molar-refractivity contribution in [2.75, 3.05) is 14.2 Å². The lowest BCUT2D eigenvalue weighted by Gasteiger charge is -2.23. The first kappa shape index (κ1) is 18.3. The highest BCUT2D eigenvalue weighted by Gasteiger charge is 2.21. The van der Waals surface area contributed by atoms with Gasteiger partial charge < -0.3 is 14.2 Å². The predicted molar refractivity (Wildman–Crippen MR) is 93.0 cm³/mol. The molecule has 2 rings (SSSR count). The smallest absolute Gasteiger partial charge is 0.119 e. The Morgan fingerprint density at radius 2 is 1.24 bits per heavy atom. The van der Waals surface area contributed by atoms with Gasteiger partial charge in [-0.2, -0.15) is 10.5 Å². The van der Waals surface area contributed by atoms with Crippen molar-refractivity contribution in [3.63, 3.8) is 0 Å². The van der Waals surface area contributed by atoms with Gasteiger partial charge in [0, 0.05) is 0 Å². The van der Waals surface area contributed by atoms with E-state index >= 15 is 0 Å². The summed E-state index contributed by atoms with van der Waals surface area (Å²) in [5.74, 6) is 1.39. The molecule has 0 aliphatic carbocycles. The molecule has 0 aliphatic rings. The lowest BCUT2D eigenvalue weighted by Crippen LogP contribution is -2.10. The molecule has 5 heteroatoms. The zero-order valence-electron chi connectivity index (χ0n) is 14.3. The van der Waals surface area contributed by atoms with E-state index in [2.05, 4.69) is 12.1 Å². The Balaban J connectivity index is 2.30. The minimum Gasteiger partial charge on any atom is -0.497 e. The summed E-state index contributed by atoms with van der Waals surface area (Å²) in [6.45, 7) is 0. The first-order valence-electron chi connectivity index (χ1n) is 7.89. The average molecular weight is 336 g/mol. The standard InChI is InChI=1S/C20H20N2O3/c1-23-17-7-3-5-15(13-17)19(9-11-21)25-20(10-12-22)16-6-4-8-18(14-16)24-2/h3-8,13-14,19-20H,9-10H2,1-2H3. The van der Waals surface area contributed by atoms with Gasteiger partial charge in [-0.3, -0.25) is 0 Å². The molecule has 0 heterocycles. The first-order chi connectivity index (χ1) is 12.2. The molecule has 0 amide bonds. The van der Waals surface area contributed by atoms with Crippen LogP contribution in [0.4, 0.5) is 0 Å². The number of methoxy groups -OCH3 is 2. The number of nitriles is 2. The molecule has 0 aliphatic heterocycles. The maximum absolute atomic E-state index is 9.17. The third kappa shape index (κ3) is 4.97. The van der Waals surface area contributed by atoms with E-state index in [9.17, 15) is 10.5 Å². The van der Waals surface area contributed by atoms with Gasteiger partial charge in [-0.25, -0.2) is 0 Å². The van der Waals surface area contributed by atoms with Crippen molar-refractivity contribution in [2.45, 2.75) is 25.0 Å². The number of hydrogen-bond acceptors (Lipinski definition) is 5. The molecule has 0 N–H and O–H groups in total. The molecular weight excluding hydrogens is 316 g/mol. The molecule has 25 heavy (non-hydrogen) atoms. The van der Waals surface area contributed by atoms with E-state index in [4.69, 9.17) is 14.2 Å². The van der Waals surface area contributed by atoms with Crippen molar-refractivity contribution < 1.29 is 14.2 Å². The van der Waals surface area contributed by atoms with Crippen molar-refractivity contribution in [1.29, 1.82) is 10.5 Å². The second-order valence-corrected chi connectivity index (χ2v) is 5.39. The van der Waals surface area contributed by atoms with E-state index in [1.54, 1.807) is 14.2 Å². The number of benzene rings is 2. The van der Waals surface area contributed by atoms with Gasteiger partial charge in [0.15, 0.2) is 0 Å². The van der Waals surface area contributed by atoms with E-state index < -0.39 is 12.2 Å². The molecular formula is C20H20N2O3. The molecule has 0 aromatic heterocycles. The summed E-state index contributed by atoms with van der Waals surface area (Å²) in [7, 11) is 3.18. The maximum atomic E-state index is 9.17. The van der Waals surface area contributed by atoms with Crippen molar-refractivity contribution in [2.24, 2.45) is 0 Å². The summed E-state index contributed by atoms with van der Waals surface area (Å²) < 4.78 is 16.6. The van der Waals surface area contributed by atoms with Crippen molar-refractivity contribution in [3.05, 3.63) is 59.7 Å². The molecule has 2 aromatic rings. The van der Waals surface area contributed by atoms with Gasteiger partial charge >= 0.3 is 0 Å². The SMILES string of the molecule is COc1cccc(C(CC#N)OC(CC#N)c2cccc(OC)c2)c1. The van der Waals surface area contributed by atoms with Crippen LogP contribution >= 0.6 is 0 Å². The molecule has 0 bridgehead atoms. The molecule has 0 fully saturated rings. The van der Waals surface area contributed by atoms with Crippen LogP contribution in [-0.4, -0.2) is 14.2 Å². The highest BCUT2D eigenvalue weighted by Crippen LogP contribution is 2.33. The Kier molecular flexibility index (Phi) is 6.83. The minimum absolute atomic E-state index is 0.180. The Bertz CT molecular complexity index is 711. The zero-order chi connectivity index (χ0) is 18.1. The fourth-order valence-corrected chi connectivity index (χ4v) is 2.54. The molecule has 2 unspecified atom stereocenters. The summed E-state index contributed by atoms with van der Waals surface area (Å²) in [5.41, 5.74) is 1.68. The second-order valence-electron chi connectivity index (χ2n) is 5.39. The molecule has 2 aromatic carbocycles. The van der Waals surface area contributed by atoms with E-state index in [1.165, 1.54) is 0 Å². The van der Waals surface area contributed by atoms with E-state index in [-0.39, 0.29) is 12.8 Å². The van der Waals surface area contributed by atoms with Crippen LogP contribution in [0.2, 0.25) is 0 Å². The zero-order valence-corrected chi connectivity index (χ0v) is 14.3. The maximum Gasteiger partial charge on any atom is 0.119 e. The number of ether oxygens (including phenoxy) is 3. The topological polar surface area (TPSA) is 75.3 Å². The van der Waals surface area contributed by atoms with Crippen LogP contribution in [0.5, 0.6) is 11.5 Å². The van der Waals surface area contributed by atoms with Crippen molar-refractivity contribution in [1.82, 2.24) is 0 Å². The van der Waals surface area contributed by atoms with E-state index in [0.29, 0.717) is 11.5 Å². The van der Waals surface area contributed by atoms with Crippen molar-refractivity contribution in [3.8, 4) is 23.6 Å². The Morgan fingerprint density at radius 1 is 0.800 bits per heavy atom. The highest BCUT2D eigenvalue weighted by molar-refractivity contribution is 5.32. The van der Waals surface area contributed by atoms with Gasteiger partial charge in [-0.05, 0) is 35.4 Å². The summed E-state index contributed by atoms with van der Waals surface area (Å²) in [4.78, 5) is 0. The third-order valence-electron chi connectivity index (χ3n) is 3.81. The highest BCUT2D eigenvalue weighted by atomic mass is 16.5. The molecule has 2 atom stereocenters. The van der Waals surface area contributed by atoms with Gasteiger partial charge in [0.1, 0.15) is 11.5 Å². The van der Waals surface area contributed by atoms with E-state index in [1.807, 2.05) is 48.5 Å². The number of hydrogen-bond donors (Lipinski definition) is 0. The van der Waals surface area contributed by atoms with Crippen LogP contribution in [0.15, 0.2) is 48.5 Å². The molecule has 0 saturated heterocycles. The fraction of sp³-hybridized carbons (Fsp3) is 0.300. The predicted octanol–water partition coefficient (Wildman–Crippen LogP) is 4.33. The lowest BCUT2D eigenvalue weighted by atomic mass is 10.0. The van der Waals surface area contributed by atoms with Crippen LogP contribution in [0.1, 0.15) is 36.2 Å². The molecule has 0 spiro atoms. The van der Waals surface area contributed by atoms with Crippen LogP contribution in [0.25, 0.3) is 0 Å². The summed E-state index contributed by atoms with van der Waals surface area (Å²) in [5, 5.41) is 18.3. The summed E-state index contributed by atoms with van der Waals surface area (Å²) in [6, 6.07) is 19.1. The Morgan fingerprint density at radius 3 is 1.60 bits per heavy atom. The van der Waals surface area contributed by atoms with Gasteiger partial charge in [0.05, 0.1) is 51.4 Å². The van der Waals surface area contributed by atoms with Gasteiger partial charge in [0.25, 0.3) is 0 Å². The van der Waals surface area contributed by atoms with Gasteiger partial charge in [-0.15, -0.1) is 0 Å². The number of rotatable bonds is 8. The molecule has 128 valence electrons. The molecule has 0 radical (unpaired) electrons.